The number of carbonyl (C=O) groups is 1. The van der Waals surface area contributed by atoms with Gasteiger partial charge in [0.15, 0.2) is 0 Å². The fraction of sp³-hybridized carbons (Fsp3) is 0.190. The van der Waals surface area contributed by atoms with Crippen molar-refractivity contribution in [1.82, 2.24) is 15.3 Å². The summed E-state index contributed by atoms with van der Waals surface area (Å²) in [7, 11) is 0. The highest BCUT2D eigenvalue weighted by Crippen LogP contribution is 2.44. The summed E-state index contributed by atoms with van der Waals surface area (Å²) in [5, 5.41) is 14.8. The van der Waals surface area contributed by atoms with Crippen molar-refractivity contribution in [2.24, 2.45) is 0 Å². The molecule has 2 aromatic carbocycles. The monoisotopic (exact) mass is 463 g/mol. The molecule has 4 aromatic rings. The fourth-order valence-electron chi connectivity index (χ4n) is 2.93. The number of para-hydroxylation sites is 1. The molecule has 0 saturated carbocycles. The number of rotatable bonds is 6. The van der Waals surface area contributed by atoms with Crippen molar-refractivity contribution in [3.8, 4) is 10.6 Å². The van der Waals surface area contributed by atoms with E-state index in [1.54, 1.807) is 29.6 Å². The second-order valence-corrected chi connectivity index (χ2v) is 8.70. The number of nitrogens with zero attached hydrogens (tertiary/aromatic N) is 2. The zero-order chi connectivity index (χ0) is 22.1. The van der Waals surface area contributed by atoms with Crippen molar-refractivity contribution in [2.45, 2.75) is 24.7 Å². The van der Waals surface area contributed by atoms with E-state index in [0.717, 1.165) is 10.6 Å². The zero-order valence-corrected chi connectivity index (χ0v) is 17.5. The van der Waals surface area contributed by atoms with Gasteiger partial charge in [-0.05, 0) is 12.1 Å². The molecule has 1 atom stereocenters. The van der Waals surface area contributed by atoms with E-state index in [2.05, 4.69) is 15.3 Å². The molecule has 160 valence electrons. The normalized spacial score (nSPS) is 13.8. The summed E-state index contributed by atoms with van der Waals surface area (Å²) in [4.78, 5) is 20.6. The number of amides is 1. The number of hydrogen-bond acceptors (Lipinski definition) is 6. The lowest BCUT2D eigenvalue weighted by atomic mass is 9.99. The molecule has 0 bridgehead atoms. The van der Waals surface area contributed by atoms with Crippen LogP contribution in [0.4, 0.5) is 13.2 Å². The lowest BCUT2D eigenvalue weighted by molar-refractivity contribution is -0.267. The maximum absolute atomic E-state index is 13.8. The number of thiazole rings is 2. The van der Waals surface area contributed by atoms with Gasteiger partial charge in [0.05, 0.1) is 28.9 Å². The quantitative estimate of drug-likeness (QED) is 0.428. The van der Waals surface area contributed by atoms with E-state index in [9.17, 15) is 23.1 Å². The van der Waals surface area contributed by atoms with Crippen LogP contribution in [0.3, 0.4) is 0 Å². The summed E-state index contributed by atoms with van der Waals surface area (Å²) >= 11 is 2.09. The molecule has 31 heavy (non-hydrogen) atoms. The molecule has 0 aliphatic heterocycles. The average Bonchev–Trinajstić information content (AvgIpc) is 3.39. The minimum atomic E-state index is -5.07. The van der Waals surface area contributed by atoms with E-state index in [4.69, 9.17) is 0 Å². The van der Waals surface area contributed by atoms with Gasteiger partial charge in [-0.15, -0.1) is 22.7 Å². The molecule has 2 N–H and O–H groups in total. The maximum atomic E-state index is 13.8. The van der Waals surface area contributed by atoms with Crippen molar-refractivity contribution < 1.29 is 23.1 Å². The van der Waals surface area contributed by atoms with Crippen LogP contribution in [0.15, 0.2) is 60.0 Å². The van der Waals surface area contributed by atoms with Gasteiger partial charge >= 0.3 is 6.18 Å². The highest BCUT2D eigenvalue weighted by molar-refractivity contribution is 7.18. The minimum Gasteiger partial charge on any atom is -0.374 e. The largest absolute Gasteiger partial charge is 0.424 e. The Labute approximate surface area is 183 Å². The molecule has 1 amide bonds. The molecule has 0 unspecified atom stereocenters. The van der Waals surface area contributed by atoms with Crippen molar-refractivity contribution in [1.29, 1.82) is 0 Å². The molecule has 0 radical (unpaired) electrons. The summed E-state index contributed by atoms with van der Waals surface area (Å²) in [6.45, 7) is -0.0457. The molecule has 2 heterocycles. The molecule has 10 heteroatoms. The number of halogens is 3. The highest BCUT2D eigenvalue weighted by atomic mass is 32.1. The number of nitrogens with one attached hydrogen (secondary N) is 1. The summed E-state index contributed by atoms with van der Waals surface area (Å²) in [5.41, 5.74) is -1.61. The van der Waals surface area contributed by atoms with Gasteiger partial charge in [-0.3, -0.25) is 4.79 Å². The van der Waals surface area contributed by atoms with E-state index in [1.807, 2.05) is 30.3 Å². The summed E-state index contributed by atoms with van der Waals surface area (Å²) in [5.74, 6) is -0.951. The molecule has 4 rings (SSSR count). The van der Waals surface area contributed by atoms with E-state index in [0.29, 0.717) is 27.2 Å². The lowest BCUT2D eigenvalue weighted by Gasteiger charge is -2.27. The third-order valence-corrected chi connectivity index (χ3v) is 6.70. The Morgan fingerprint density at radius 2 is 1.74 bits per heavy atom. The van der Waals surface area contributed by atoms with Crippen LogP contribution in [0.1, 0.15) is 17.1 Å². The zero-order valence-electron chi connectivity index (χ0n) is 15.9. The predicted molar refractivity (Wildman–Crippen MR) is 114 cm³/mol. The first-order chi connectivity index (χ1) is 14.8. The van der Waals surface area contributed by atoms with Gasteiger partial charge in [-0.2, -0.15) is 13.2 Å². The van der Waals surface area contributed by atoms with Crippen LogP contribution < -0.4 is 5.32 Å². The molecule has 5 nitrogen and oxygen atoms in total. The van der Waals surface area contributed by atoms with Gasteiger partial charge in [-0.1, -0.05) is 42.5 Å². The van der Waals surface area contributed by atoms with E-state index in [1.165, 1.54) is 11.3 Å². The fourth-order valence-corrected chi connectivity index (χ4v) is 4.83. The van der Waals surface area contributed by atoms with Crippen LogP contribution in [0.5, 0.6) is 0 Å². The molecule has 0 saturated heterocycles. The molecule has 2 aromatic heterocycles. The molecule has 0 spiro atoms. The summed E-state index contributed by atoms with van der Waals surface area (Å²) in [6.07, 6.45) is -6.26. The second-order valence-electron chi connectivity index (χ2n) is 6.81. The lowest BCUT2D eigenvalue weighted by Crippen LogP contribution is -2.46. The van der Waals surface area contributed by atoms with Gasteiger partial charge < -0.3 is 10.4 Å². The van der Waals surface area contributed by atoms with Crippen molar-refractivity contribution >= 4 is 38.8 Å². The minimum absolute atomic E-state index is 0.0457. The number of benzene rings is 2. The highest BCUT2D eigenvalue weighted by Gasteiger charge is 2.58. The number of carbonyl (C=O) groups excluding carboxylic acids is 1. The second kappa shape index (κ2) is 8.37. The first kappa shape index (κ1) is 21.4. The Hall–Kier alpha value is -2.82. The molecule has 0 aliphatic carbocycles. The van der Waals surface area contributed by atoms with E-state index >= 15 is 0 Å². The van der Waals surface area contributed by atoms with Crippen molar-refractivity contribution in [3.63, 3.8) is 0 Å². The summed E-state index contributed by atoms with van der Waals surface area (Å²) < 4.78 is 41.8. The van der Waals surface area contributed by atoms with Crippen LogP contribution in [-0.4, -0.2) is 27.2 Å². The van der Waals surface area contributed by atoms with Gasteiger partial charge in [0.1, 0.15) is 10.0 Å². The van der Waals surface area contributed by atoms with Crippen LogP contribution in [-0.2, 0) is 16.9 Å². The predicted octanol–water partition coefficient (Wildman–Crippen LogP) is 4.88. The Balaban J connectivity index is 1.48. The third-order valence-electron chi connectivity index (χ3n) is 4.57. The van der Waals surface area contributed by atoms with E-state index in [-0.39, 0.29) is 6.54 Å². The Morgan fingerprint density at radius 1 is 1.03 bits per heavy atom. The number of hydrogen-bond donors (Lipinski definition) is 2. The van der Waals surface area contributed by atoms with Gasteiger partial charge in [0.25, 0.3) is 0 Å². The molecular formula is C21H16F3N3O2S2. The topological polar surface area (TPSA) is 75.1 Å². The van der Waals surface area contributed by atoms with Crippen molar-refractivity contribution in [3.05, 3.63) is 70.7 Å². The number of aliphatic hydroxyl groups is 1. The van der Waals surface area contributed by atoms with Crippen LogP contribution >= 0.6 is 22.7 Å². The van der Waals surface area contributed by atoms with Crippen molar-refractivity contribution in [2.75, 3.05) is 0 Å². The van der Waals surface area contributed by atoms with Gasteiger partial charge in [0, 0.05) is 10.9 Å². The standard InChI is InChI=1S/C21H16F3N3O2S2/c22-21(23,24)20(29,19-27-15-8-4-5-9-16(15)31-19)10-17(28)25-11-14-12-30-18(26-14)13-6-2-1-3-7-13/h1-9,12,29H,10-11H2,(H,25,28)/t20-/m1/s1. The first-order valence-corrected chi connectivity index (χ1v) is 10.9. The van der Waals surface area contributed by atoms with Gasteiger partial charge in [0.2, 0.25) is 11.5 Å². The Kier molecular flexibility index (Phi) is 5.78. The number of aromatic nitrogens is 2. The third kappa shape index (κ3) is 4.46. The van der Waals surface area contributed by atoms with E-state index < -0.39 is 29.1 Å². The average molecular weight is 464 g/mol. The van der Waals surface area contributed by atoms with Gasteiger partial charge in [-0.25, -0.2) is 9.97 Å². The maximum Gasteiger partial charge on any atom is 0.424 e. The molecule has 0 fully saturated rings. The van der Waals surface area contributed by atoms with Crippen LogP contribution in [0.2, 0.25) is 0 Å². The SMILES string of the molecule is O=C(C[C@@](O)(c1nc2ccccc2s1)C(F)(F)F)NCc1csc(-c2ccccc2)n1. The Bertz CT molecular complexity index is 1170. The van der Waals surface area contributed by atoms with Crippen LogP contribution in [0, 0.1) is 0 Å². The first-order valence-electron chi connectivity index (χ1n) is 9.18. The molecule has 0 aliphatic rings. The number of fused-ring (bicyclic) bond motifs is 1. The number of alkyl halides is 3. The smallest absolute Gasteiger partial charge is 0.374 e. The molecular weight excluding hydrogens is 447 g/mol. The van der Waals surface area contributed by atoms with Crippen LogP contribution in [0.25, 0.3) is 20.8 Å². The Morgan fingerprint density at radius 3 is 2.45 bits per heavy atom. The summed E-state index contributed by atoms with van der Waals surface area (Å²) in [6, 6.07) is 15.9.